The van der Waals surface area contributed by atoms with Gasteiger partial charge in [-0.25, -0.2) is 6.08 Å². The second-order valence-corrected chi connectivity index (χ2v) is 1.43. The van der Waals surface area contributed by atoms with E-state index in [2.05, 4.69) is 0 Å². The Bertz CT molecular complexity index is 145. The molecule has 0 heterocycles. The fraction of sp³-hybridized carbons (Fsp3) is 0.100. The Labute approximate surface area is 91.1 Å². The van der Waals surface area contributed by atoms with Crippen LogP contribution in [0.4, 0.5) is 0 Å². The van der Waals surface area contributed by atoms with Crippen LogP contribution in [0.1, 0.15) is 9.27 Å². The zero-order chi connectivity index (χ0) is 5.11. The number of hydrogen-bond donors (Lipinski definition) is 0. The topological polar surface area (TPSA) is 17.1 Å². The summed E-state index contributed by atoms with van der Waals surface area (Å²) < 4.78 is 0. The van der Waals surface area contributed by atoms with E-state index >= 15 is 0 Å². The molecule has 0 saturated heterocycles. The van der Waals surface area contributed by atoms with E-state index in [-0.39, 0.29) is 49.3 Å². The Morgan fingerprint density at radius 3 is 1.92 bits per heavy atom. The summed E-state index contributed by atoms with van der Waals surface area (Å²) in [6, 6.07) is 0. The number of carbonyl (C=O) groups excluding carboxylic acids is 1. The van der Waals surface area contributed by atoms with Gasteiger partial charge in [-0.05, 0) is 12.7 Å². The van der Waals surface area contributed by atoms with E-state index < -0.39 is 0 Å². The first-order chi connectivity index (χ1) is 3.43. The summed E-state index contributed by atoms with van der Waals surface area (Å²) in [5.74, 6) is 0. The minimum atomic E-state index is 0. The molecule has 1 aliphatic rings. The summed E-state index contributed by atoms with van der Waals surface area (Å²) in [5.41, 5.74) is 0.750. The first kappa shape index (κ1) is 29.9. The van der Waals surface area contributed by atoms with Gasteiger partial charge in [-0.2, -0.15) is 5.57 Å². The smallest absolute Gasteiger partial charge is 1.00 e. The van der Waals surface area contributed by atoms with Crippen LogP contribution >= 0.6 is 0 Å². The SMILES string of the molecule is O=[C-]C1=CC=CC1.[CH3-].[CH3-].[CH3-].[CH3-].[Co+2].[H-].[H-]. The molecule has 1 radical (unpaired) electrons. The van der Waals surface area contributed by atoms with E-state index in [0.29, 0.717) is 0 Å². The number of rotatable bonds is 1. The molecule has 0 bridgehead atoms. The predicted molar refractivity (Wildman–Crippen MR) is 55.4 cm³/mol. The van der Waals surface area contributed by atoms with E-state index in [1.165, 1.54) is 0 Å². The standard InChI is InChI=1S/C6H5O.4CH3.Co.2H/c7-5-6-3-1-2-4-6;;;;;;;/h1-3H,4H2;4*1H3;;;/q5*-1;+2;2*-1. The molecule has 0 aliphatic heterocycles. The third-order valence-electron chi connectivity index (χ3n) is 0.902. The maximum absolute atomic E-state index is 9.77. The van der Waals surface area contributed by atoms with Gasteiger partial charge >= 0.3 is 16.8 Å². The van der Waals surface area contributed by atoms with Crippen molar-refractivity contribution in [2.75, 3.05) is 0 Å². The average molecular weight is 214 g/mol. The Kier molecular flexibility index (Phi) is 42.2. The Balaban J connectivity index is -0.0000000140. The molecule has 0 spiro atoms. The van der Waals surface area contributed by atoms with Gasteiger partial charge in [0.25, 0.3) is 0 Å². The molecule has 1 rings (SSSR count). The van der Waals surface area contributed by atoms with E-state index in [4.69, 9.17) is 0 Å². The van der Waals surface area contributed by atoms with Gasteiger partial charge < -0.3 is 37.4 Å². The summed E-state index contributed by atoms with van der Waals surface area (Å²) in [7, 11) is 0. The Morgan fingerprint density at radius 2 is 1.75 bits per heavy atom. The van der Waals surface area contributed by atoms with Crippen molar-refractivity contribution in [2.45, 2.75) is 6.42 Å². The van der Waals surface area contributed by atoms with Gasteiger partial charge in [0, 0.05) is 0 Å². The van der Waals surface area contributed by atoms with Crippen LogP contribution in [0.2, 0.25) is 0 Å². The summed E-state index contributed by atoms with van der Waals surface area (Å²) >= 11 is 0. The second kappa shape index (κ2) is 17.0. The number of allylic oxidation sites excluding steroid dienone is 4. The molecule has 0 aromatic carbocycles. The van der Waals surface area contributed by atoms with Crippen LogP contribution in [0.15, 0.2) is 23.8 Å². The first-order valence-electron chi connectivity index (χ1n) is 2.17. The van der Waals surface area contributed by atoms with Gasteiger partial charge in [-0.15, -0.1) is 12.2 Å². The summed E-state index contributed by atoms with van der Waals surface area (Å²) in [6.45, 7) is 0. The van der Waals surface area contributed by atoms with E-state index in [0.717, 1.165) is 12.0 Å². The van der Waals surface area contributed by atoms with Crippen LogP contribution in [-0.2, 0) is 21.6 Å². The number of hydrogen-bond acceptors (Lipinski definition) is 1. The average Bonchev–Trinajstić information content (AvgIpc) is 2.14. The molecule has 2 heteroatoms. The molecule has 0 unspecified atom stereocenters. The first-order valence-corrected chi connectivity index (χ1v) is 2.17. The maximum Gasteiger partial charge on any atom is 2.00 e. The van der Waals surface area contributed by atoms with Gasteiger partial charge in [0.1, 0.15) is 0 Å². The zero-order valence-corrected chi connectivity index (χ0v) is 9.22. The summed E-state index contributed by atoms with van der Waals surface area (Å²) in [4.78, 5) is 9.77. The van der Waals surface area contributed by atoms with Crippen molar-refractivity contribution in [2.24, 2.45) is 0 Å². The summed E-state index contributed by atoms with van der Waals surface area (Å²) in [5, 5.41) is 0. The molecule has 79 valence electrons. The predicted octanol–water partition coefficient (Wildman–Crippen LogP) is 3.01. The molecular formula is C10H19CoO-5. The van der Waals surface area contributed by atoms with Crippen LogP contribution < -0.4 is 0 Å². The molecule has 0 N–H and O–H groups in total. The third kappa shape index (κ3) is 9.66. The molecule has 12 heavy (non-hydrogen) atoms. The van der Waals surface area contributed by atoms with Crippen LogP contribution in [0, 0.1) is 29.7 Å². The largest absolute Gasteiger partial charge is 2.00 e. The van der Waals surface area contributed by atoms with Crippen molar-refractivity contribution in [3.05, 3.63) is 53.5 Å². The molecule has 1 aliphatic carbocycles. The van der Waals surface area contributed by atoms with E-state index in [1.807, 2.05) is 18.4 Å². The van der Waals surface area contributed by atoms with E-state index in [9.17, 15) is 4.79 Å². The van der Waals surface area contributed by atoms with Crippen molar-refractivity contribution in [1.82, 2.24) is 0 Å². The molecule has 0 fully saturated rings. The van der Waals surface area contributed by atoms with Gasteiger partial charge in [0.15, 0.2) is 0 Å². The van der Waals surface area contributed by atoms with Crippen molar-refractivity contribution in [1.29, 1.82) is 0 Å². The monoisotopic (exact) mass is 214 g/mol. The van der Waals surface area contributed by atoms with Gasteiger partial charge in [-0.1, -0.05) is 0 Å². The van der Waals surface area contributed by atoms with Crippen molar-refractivity contribution in [3.8, 4) is 0 Å². The molecule has 0 saturated carbocycles. The van der Waals surface area contributed by atoms with Crippen molar-refractivity contribution in [3.63, 3.8) is 0 Å². The fourth-order valence-electron chi connectivity index (χ4n) is 0.523. The quantitative estimate of drug-likeness (QED) is 0.613. The maximum atomic E-state index is 9.77. The zero-order valence-electron chi connectivity index (χ0n) is 10.2. The Morgan fingerprint density at radius 1 is 1.25 bits per heavy atom. The molecule has 1 nitrogen and oxygen atoms in total. The van der Waals surface area contributed by atoms with Gasteiger partial charge in [-0.3, -0.25) is 0 Å². The molecule has 0 atom stereocenters. The van der Waals surface area contributed by atoms with Crippen LogP contribution in [0.5, 0.6) is 0 Å². The van der Waals surface area contributed by atoms with E-state index in [1.54, 1.807) is 6.08 Å². The van der Waals surface area contributed by atoms with Crippen LogP contribution in [0.3, 0.4) is 0 Å². The van der Waals surface area contributed by atoms with Gasteiger partial charge in [0.2, 0.25) is 0 Å². The van der Waals surface area contributed by atoms with Crippen LogP contribution in [-0.4, -0.2) is 6.29 Å². The fourth-order valence-corrected chi connectivity index (χ4v) is 0.523. The van der Waals surface area contributed by atoms with Crippen molar-refractivity contribution < 1.29 is 24.4 Å². The Hall–Kier alpha value is -0.344. The molecule has 0 aromatic heterocycles. The normalized spacial score (nSPS) is 9.83. The molecular weight excluding hydrogens is 195 g/mol. The summed E-state index contributed by atoms with van der Waals surface area (Å²) in [6.07, 6.45) is 8.14. The minimum absolute atomic E-state index is 0. The van der Waals surface area contributed by atoms with Gasteiger partial charge in [0.05, 0.1) is 0 Å². The minimum Gasteiger partial charge on any atom is -1.00 e. The van der Waals surface area contributed by atoms with Crippen LogP contribution in [0.25, 0.3) is 0 Å². The third-order valence-corrected chi connectivity index (χ3v) is 0.902. The molecule has 0 amide bonds. The molecule has 0 aromatic rings. The second-order valence-electron chi connectivity index (χ2n) is 1.43. The van der Waals surface area contributed by atoms with Crippen molar-refractivity contribution >= 4 is 6.29 Å².